The van der Waals surface area contributed by atoms with Gasteiger partial charge in [-0.3, -0.25) is 0 Å². The Hall–Kier alpha value is -0.150. The highest BCUT2D eigenvalue weighted by atomic mass is 19.1. The van der Waals surface area contributed by atoms with E-state index in [4.69, 9.17) is 10.5 Å². The molecule has 2 unspecified atom stereocenters. The van der Waals surface area contributed by atoms with Crippen LogP contribution in [0.3, 0.4) is 0 Å². The summed E-state index contributed by atoms with van der Waals surface area (Å²) in [6, 6.07) is 0. The van der Waals surface area contributed by atoms with Crippen molar-refractivity contribution in [3.8, 4) is 0 Å². The Bertz CT molecular complexity index is 192. The summed E-state index contributed by atoms with van der Waals surface area (Å²) in [7, 11) is 0. The van der Waals surface area contributed by atoms with E-state index in [1.807, 2.05) is 0 Å². The summed E-state index contributed by atoms with van der Waals surface area (Å²) in [6.07, 6.45) is 5.66. The average molecular weight is 201 g/mol. The zero-order chi connectivity index (χ0) is 10.0. The normalized spacial score (nSPS) is 33.4. The number of ether oxygens (including phenoxy) is 1. The first-order valence-corrected chi connectivity index (χ1v) is 5.74. The Labute approximate surface area is 85.0 Å². The van der Waals surface area contributed by atoms with Crippen molar-refractivity contribution >= 4 is 0 Å². The van der Waals surface area contributed by atoms with Crippen molar-refractivity contribution in [2.24, 2.45) is 11.7 Å². The molecule has 1 spiro atoms. The van der Waals surface area contributed by atoms with Gasteiger partial charge in [-0.2, -0.15) is 0 Å². The van der Waals surface area contributed by atoms with Gasteiger partial charge in [-0.25, -0.2) is 4.39 Å². The van der Waals surface area contributed by atoms with E-state index in [2.05, 4.69) is 0 Å². The van der Waals surface area contributed by atoms with Crippen LogP contribution in [0.25, 0.3) is 0 Å². The predicted molar refractivity (Wildman–Crippen MR) is 53.8 cm³/mol. The van der Waals surface area contributed by atoms with Gasteiger partial charge in [0.05, 0.1) is 5.60 Å². The molecule has 1 saturated heterocycles. The smallest absolute Gasteiger partial charge is 0.115 e. The third-order valence-electron chi connectivity index (χ3n) is 3.78. The lowest BCUT2D eigenvalue weighted by atomic mass is 9.82. The molecule has 0 aromatic carbocycles. The van der Waals surface area contributed by atoms with Crippen molar-refractivity contribution in [3.05, 3.63) is 0 Å². The summed E-state index contributed by atoms with van der Waals surface area (Å²) in [5.41, 5.74) is 5.40. The van der Waals surface area contributed by atoms with Crippen LogP contribution in [0.5, 0.6) is 0 Å². The first-order chi connectivity index (χ1) is 6.76. The monoisotopic (exact) mass is 201 g/mol. The fourth-order valence-electron chi connectivity index (χ4n) is 2.93. The highest BCUT2D eigenvalue weighted by molar-refractivity contribution is 4.92. The molecule has 0 aromatic rings. The Balaban J connectivity index is 1.96. The van der Waals surface area contributed by atoms with Crippen LogP contribution in [-0.2, 0) is 4.74 Å². The molecule has 2 aliphatic rings. The molecule has 14 heavy (non-hydrogen) atoms. The number of nitrogens with two attached hydrogens (primary N) is 1. The maximum Gasteiger partial charge on any atom is 0.115 e. The molecule has 2 N–H and O–H groups in total. The molecule has 3 heteroatoms. The summed E-state index contributed by atoms with van der Waals surface area (Å²) < 4.78 is 19.3. The standard InChI is InChI=1S/C11H20FNO/c12-10(8-13)9-3-6-14-11(7-9)4-1-2-5-11/h9-10H,1-8,13H2. The second kappa shape index (κ2) is 4.15. The molecule has 1 aliphatic carbocycles. The van der Waals surface area contributed by atoms with Gasteiger partial charge in [-0.15, -0.1) is 0 Å². The van der Waals surface area contributed by atoms with Crippen LogP contribution in [-0.4, -0.2) is 24.9 Å². The third-order valence-corrected chi connectivity index (χ3v) is 3.78. The molecule has 2 rings (SSSR count). The van der Waals surface area contributed by atoms with E-state index in [-0.39, 0.29) is 18.1 Å². The number of alkyl halides is 1. The van der Waals surface area contributed by atoms with Gasteiger partial charge in [-0.1, -0.05) is 12.8 Å². The Morgan fingerprint density at radius 1 is 1.43 bits per heavy atom. The fraction of sp³-hybridized carbons (Fsp3) is 1.00. The van der Waals surface area contributed by atoms with Gasteiger partial charge in [0.1, 0.15) is 6.17 Å². The highest BCUT2D eigenvalue weighted by Crippen LogP contribution is 2.43. The SMILES string of the molecule is NCC(F)C1CCOC2(CCCC2)C1. The lowest BCUT2D eigenvalue weighted by Gasteiger charge is -2.39. The molecule has 0 amide bonds. The third kappa shape index (κ3) is 1.94. The summed E-state index contributed by atoms with van der Waals surface area (Å²) in [6.45, 7) is 0.895. The maximum absolute atomic E-state index is 13.5. The zero-order valence-electron chi connectivity index (χ0n) is 8.68. The van der Waals surface area contributed by atoms with E-state index in [1.54, 1.807) is 0 Å². The molecule has 1 heterocycles. The van der Waals surface area contributed by atoms with E-state index in [0.717, 1.165) is 32.3 Å². The van der Waals surface area contributed by atoms with Crippen LogP contribution in [0.4, 0.5) is 4.39 Å². The van der Waals surface area contributed by atoms with Crippen molar-refractivity contribution in [1.29, 1.82) is 0 Å². The Kier molecular flexibility index (Phi) is 3.07. The van der Waals surface area contributed by atoms with Crippen LogP contribution in [0.2, 0.25) is 0 Å². The summed E-state index contributed by atoms with van der Waals surface area (Å²) in [4.78, 5) is 0. The van der Waals surface area contributed by atoms with E-state index >= 15 is 0 Å². The molecule has 0 bridgehead atoms. The second-order valence-corrected chi connectivity index (χ2v) is 4.74. The lowest BCUT2D eigenvalue weighted by Crippen LogP contribution is -2.41. The minimum absolute atomic E-state index is 0.0302. The fourth-order valence-corrected chi connectivity index (χ4v) is 2.93. The maximum atomic E-state index is 13.5. The first kappa shape index (κ1) is 10.4. The van der Waals surface area contributed by atoms with E-state index in [1.165, 1.54) is 12.8 Å². The van der Waals surface area contributed by atoms with E-state index < -0.39 is 6.17 Å². The second-order valence-electron chi connectivity index (χ2n) is 4.74. The Morgan fingerprint density at radius 3 is 2.79 bits per heavy atom. The largest absolute Gasteiger partial charge is 0.375 e. The molecular weight excluding hydrogens is 181 g/mol. The van der Waals surface area contributed by atoms with Gasteiger partial charge in [0, 0.05) is 13.2 Å². The van der Waals surface area contributed by atoms with Crippen LogP contribution >= 0.6 is 0 Å². The topological polar surface area (TPSA) is 35.2 Å². The van der Waals surface area contributed by atoms with Crippen molar-refractivity contribution in [2.45, 2.75) is 50.3 Å². The van der Waals surface area contributed by atoms with E-state index in [0.29, 0.717) is 0 Å². The van der Waals surface area contributed by atoms with Crippen LogP contribution in [0.1, 0.15) is 38.5 Å². The average Bonchev–Trinajstić information content (AvgIpc) is 2.65. The van der Waals surface area contributed by atoms with E-state index in [9.17, 15) is 4.39 Å². The van der Waals surface area contributed by atoms with Crippen LogP contribution in [0, 0.1) is 5.92 Å². The number of rotatable bonds is 2. The molecule has 82 valence electrons. The van der Waals surface area contributed by atoms with Crippen molar-refractivity contribution in [2.75, 3.05) is 13.2 Å². The van der Waals surface area contributed by atoms with Gasteiger partial charge in [0.25, 0.3) is 0 Å². The molecule has 2 fully saturated rings. The van der Waals surface area contributed by atoms with Gasteiger partial charge < -0.3 is 10.5 Å². The predicted octanol–water partition coefficient (Wildman–Crippen LogP) is 2.02. The van der Waals surface area contributed by atoms with Crippen molar-refractivity contribution in [1.82, 2.24) is 0 Å². The summed E-state index contributed by atoms with van der Waals surface area (Å²) in [5.74, 6) is 0.145. The zero-order valence-corrected chi connectivity index (χ0v) is 8.68. The summed E-state index contributed by atoms with van der Waals surface area (Å²) in [5, 5.41) is 0. The lowest BCUT2D eigenvalue weighted by molar-refractivity contribution is -0.103. The van der Waals surface area contributed by atoms with Crippen LogP contribution < -0.4 is 5.73 Å². The minimum atomic E-state index is -0.823. The molecule has 1 aliphatic heterocycles. The number of hydrogen-bond acceptors (Lipinski definition) is 2. The minimum Gasteiger partial charge on any atom is -0.375 e. The Morgan fingerprint density at radius 2 is 2.14 bits per heavy atom. The number of hydrogen-bond donors (Lipinski definition) is 1. The summed E-state index contributed by atoms with van der Waals surface area (Å²) >= 11 is 0. The quantitative estimate of drug-likeness (QED) is 0.742. The molecule has 2 atom stereocenters. The molecule has 2 nitrogen and oxygen atoms in total. The molecule has 0 radical (unpaired) electrons. The van der Waals surface area contributed by atoms with Gasteiger partial charge in [0.15, 0.2) is 0 Å². The van der Waals surface area contributed by atoms with Crippen molar-refractivity contribution in [3.63, 3.8) is 0 Å². The van der Waals surface area contributed by atoms with Gasteiger partial charge in [-0.05, 0) is 31.6 Å². The van der Waals surface area contributed by atoms with Gasteiger partial charge >= 0.3 is 0 Å². The first-order valence-electron chi connectivity index (χ1n) is 5.74. The molecular formula is C11H20FNO. The van der Waals surface area contributed by atoms with Gasteiger partial charge in [0.2, 0.25) is 0 Å². The van der Waals surface area contributed by atoms with Crippen molar-refractivity contribution < 1.29 is 9.13 Å². The number of halogens is 1. The molecule has 1 saturated carbocycles. The highest BCUT2D eigenvalue weighted by Gasteiger charge is 2.41. The molecule has 0 aromatic heterocycles. The van der Waals surface area contributed by atoms with Crippen LogP contribution in [0.15, 0.2) is 0 Å².